The van der Waals surface area contributed by atoms with Gasteiger partial charge in [0.15, 0.2) is 5.78 Å². The van der Waals surface area contributed by atoms with E-state index >= 15 is 0 Å². The molecule has 3 rings (SSSR count). The van der Waals surface area contributed by atoms with Gasteiger partial charge in [-0.3, -0.25) is 4.79 Å². The molecule has 3 nitrogen and oxygen atoms in total. The average Bonchev–Trinajstić information content (AvgIpc) is 2.90. The molecule has 21 heavy (non-hydrogen) atoms. The van der Waals surface area contributed by atoms with E-state index < -0.39 is 17.5 Å². The molecule has 0 spiro atoms. The molecule has 0 unspecified atom stereocenters. The van der Waals surface area contributed by atoms with Crippen LogP contribution in [0.15, 0.2) is 54.9 Å². The van der Waals surface area contributed by atoms with Crippen molar-refractivity contribution < 1.29 is 18.0 Å². The van der Waals surface area contributed by atoms with Crippen molar-refractivity contribution in [3.63, 3.8) is 0 Å². The molecule has 0 saturated heterocycles. The lowest BCUT2D eigenvalue weighted by Crippen LogP contribution is -2.08. The number of benzene rings is 1. The maximum Gasteiger partial charge on any atom is 0.416 e. The third-order valence-electron chi connectivity index (χ3n) is 3.12. The SMILES string of the molecule is O=C(c1cccc(C(F)(F)F)c1)c1cnn2ccccc12. The maximum atomic E-state index is 12.7. The first kappa shape index (κ1) is 13.4. The first-order valence-corrected chi connectivity index (χ1v) is 6.11. The first-order chi connectivity index (χ1) is 9.97. The lowest BCUT2D eigenvalue weighted by atomic mass is 10.0. The topological polar surface area (TPSA) is 34.4 Å². The lowest BCUT2D eigenvalue weighted by molar-refractivity contribution is -0.137. The Hall–Kier alpha value is -2.63. The average molecular weight is 290 g/mol. The summed E-state index contributed by atoms with van der Waals surface area (Å²) in [6.45, 7) is 0. The molecule has 1 aromatic carbocycles. The van der Waals surface area contributed by atoms with Crippen LogP contribution in [0.1, 0.15) is 21.5 Å². The van der Waals surface area contributed by atoms with E-state index in [4.69, 9.17) is 0 Å². The van der Waals surface area contributed by atoms with Crippen molar-refractivity contribution >= 4 is 11.3 Å². The molecule has 0 aliphatic rings. The van der Waals surface area contributed by atoms with Crippen molar-refractivity contribution in [3.05, 3.63) is 71.5 Å². The predicted molar refractivity (Wildman–Crippen MR) is 70.1 cm³/mol. The Morgan fingerprint density at radius 2 is 1.90 bits per heavy atom. The molecule has 0 fully saturated rings. The summed E-state index contributed by atoms with van der Waals surface area (Å²) in [4.78, 5) is 12.4. The van der Waals surface area contributed by atoms with E-state index in [1.54, 1.807) is 24.4 Å². The number of nitrogens with zero attached hydrogens (tertiary/aromatic N) is 2. The van der Waals surface area contributed by atoms with Gasteiger partial charge in [-0.05, 0) is 24.3 Å². The van der Waals surface area contributed by atoms with Gasteiger partial charge in [0.1, 0.15) is 0 Å². The number of aromatic nitrogens is 2. The number of carbonyl (C=O) groups is 1. The summed E-state index contributed by atoms with van der Waals surface area (Å²) < 4.78 is 39.6. The molecular weight excluding hydrogens is 281 g/mol. The van der Waals surface area contributed by atoms with Crippen molar-refractivity contribution in [2.24, 2.45) is 0 Å². The van der Waals surface area contributed by atoms with Crippen molar-refractivity contribution in [2.75, 3.05) is 0 Å². The van der Waals surface area contributed by atoms with E-state index in [1.165, 1.54) is 22.8 Å². The van der Waals surface area contributed by atoms with Gasteiger partial charge in [0, 0.05) is 11.8 Å². The summed E-state index contributed by atoms with van der Waals surface area (Å²) in [6, 6.07) is 9.56. The quantitative estimate of drug-likeness (QED) is 0.676. The molecule has 2 heterocycles. The molecule has 0 saturated carbocycles. The minimum atomic E-state index is -4.47. The van der Waals surface area contributed by atoms with Gasteiger partial charge >= 0.3 is 6.18 Å². The molecule has 0 atom stereocenters. The number of fused-ring (bicyclic) bond motifs is 1. The fourth-order valence-corrected chi connectivity index (χ4v) is 2.10. The number of pyridine rings is 1. The number of rotatable bonds is 2. The molecular formula is C15H9F3N2O. The van der Waals surface area contributed by atoms with Gasteiger partial charge in [-0.15, -0.1) is 0 Å². The molecule has 0 bridgehead atoms. The van der Waals surface area contributed by atoms with Gasteiger partial charge < -0.3 is 0 Å². The van der Waals surface area contributed by atoms with Crippen LogP contribution in [0.25, 0.3) is 5.52 Å². The van der Waals surface area contributed by atoms with Crippen molar-refractivity contribution in [3.8, 4) is 0 Å². The molecule has 0 aliphatic carbocycles. The monoisotopic (exact) mass is 290 g/mol. The summed E-state index contributed by atoms with van der Waals surface area (Å²) in [6.07, 6.45) is -1.45. The molecule has 0 amide bonds. The predicted octanol–water partition coefficient (Wildman–Crippen LogP) is 3.58. The second kappa shape index (κ2) is 4.73. The Kier molecular flexibility index (Phi) is 3.01. The normalized spacial score (nSPS) is 11.8. The summed E-state index contributed by atoms with van der Waals surface area (Å²) in [7, 11) is 0. The van der Waals surface area contributed by atoms with Crippen LogP contribution in [0, 0.1) is 0 Å². The van der Waals surface area contributed by atoms with E-state index in [0.717, 1.165) is 12.1 Å². The molecule has 3 aromatic rings. The van der Waals surface area contributed by atoms with E-state index in [-0.39, 0.29) is 11.1 Å². The molecule has 106 valence electrons. The van der Waals surface area contributed by atoms with Crippen molar-refractivity contribution in [2.45, 2.75) is 6.18 Å². The van der Waals surface area contributed by atoms with Gasteiger partial charge in [-0.25, -0.2) is 4.52 Å². The number of alkyl halides is 3. The summed E-state index contributed by atoms with van der Waals surface area (Å²) >= 11 is 0. The highest BCUT2D eigenvalue weighted by molar-refractivity contribution is 6.13. The lowest BCUT2D eigenvalue weighted by Gasteiger charge is -2.07. The maximum absolute atomic E-state index is 12.7. The van der Waals surface area contributed by atoms with Crippen LogP contribution in [0.4, 0.5) is 13.2 Å². The fraction of sp³-hybridized carbons (Fsp3) is 0.0667. The second-order valence-electron chi connectivity index (χ2n) is 4.50. The van der Waals surface area contributed by atoms with Crippen LogP contribution in [0.5, 0.6) is 0 Å². The summed E-state index contributed by atoms with van der Waals surface area (Å²) in [5, 5.41) is 4.01. The van der Waals surface area contributed by atoms with E-state index in [9.17, 15) is 18.0 Å². The zero-order valence-electron chi connectivity index (χ0n) is 10.6. The minimum Gasteiger partial charge on any atom is -0.288 e. The Balaban J connectivity index is 2.07. The third-order valence-corrected chi connectivity index (χ3v) is 3.12. The van der Waals surface area contributed by atoms with E-state index in [0.29, 0.717) is 5.52 Å². The van der Waals surface area contributed by atoms with Crippen LogP contribution in [0.3, 0.4) is 0 Å². The van der Waals surface area contributed by atoms with Crippen LogP contribution in [-0.2, 0) is 6.18 Å². The Bertz CT molecular complexity index is 821. The number of hydrogen-bond acceptors (Lipinski definition) is 2. The van der Waals surface area contributed by atoms with Crippen LogP contribution < -0.4 is 0 Å². The first-order valence-electron chi connectivity index (χ1n) is 6.11. The van der Waals surface area contributed by atoms with Crippen molar-refractivity contribution in [1.29, 1.82) is 0 Å². The Labute approximate surface area is 117 Å². The van der Waals surface area contributed by atoms with Gasteiger partial charge in [0.05, 0.1) is 22.8 Å². The Morgan fingerprint density at radius 1 is 1.10 bits per heavy atom. The van der Waals surface area contributed by atoms with Crippen LogP contribution in [0.2, 0.25) is 0 Å². The number of carbonyl (C=O) groups excluding carboxylic acids is 1. The van der Waals surface area contributed by atoms with Crippen LogP contribution in [-0.4, -0.2) is 15.4 Å². The standard InChI is InChI=1S/C15H9F3N2O/c16-15(17,18)11-5-3-4-10(8-11)14(21)12-9-19-20-7-2-1-6-13(12)20/h1-9H. The Morgan fingerprint density at radius 3 is 2.67 bits per heavy atom. The van der Waals surface area contributed by atoms with Gasteiger partial charge in [-0.1, -0.05) is 18.2 Å². The fourth-order valence-electron chi connectivity index (χ4n) is 2.10. The molecule has 6 heteroatoms. The van der Waals surface area contributed by atoms with E-state index in [2.05, 4.69) is 5.10 Å². The number of halogens is 3. The summed E-state index contributed by atoms with van der Waals surface area (Å²) in [5.74, 6) is -0.484. The smallest absolute Gasteiger partial charge is 0.288 e. The minimum absolute atomic E-state index is 0.0106. The summed E-state index contributed by atoms with van der Waals surface area (Å²) in [5.41, 5.74) is -0.0248. The number of hydrogen-bond donors (Lipinski definition) is 0. The second-order valence-corrected chi connectivity index (χ2v) is 4.50. The molecule has 2 aromatic heterocycles. The number of ketones is 1. The van der Waals surface area contributed by atoms with Crippen molar-refractivity contribution in [1.82, 2.24) is 9.61 Å². The molecule has 0 radical (unpaired) electrons. The highest BCUT2D eigenvalue weighted by Crippen LogP contribution is 2.30. The van der Waals surface area contributed by atoms with E-state index in [1.807, 2.05) is 0 Å². The molecule has 0 N–H and O–H groups in total. The molecule has 0 aliphatic heterocycles. The largest absolute Gasteiger partial charge is 0.416 e. The zero-order chi connectivity index (χ0) is 15.0. The van der Waals surface area contributed by atoms with Gasteiger partial charge in [0.25, 0.3) is 0 Å². The highest BCUT2D eigenvalue weighted by atomic mass is 19.4. The third kappa shape index (κ3) is 2.40. The van der Waals surface area contributed by atoms with Crippen LogP contribution >= 0.6 is 0 Å². The highest BCUT2D eigenvalue weighted by Gasteiger charge is 2.31. The van der Waals surface area contributed by atoms with Gasteiger partial charge in [-0.2, -0.15) is 18.3 Å². The van der Waals surface area contributed by atoms with Gasteiger partial charge in [0.2, 0.25) is 0 Å². The zero-order valence-corrected chi connectivity index (χ0v) is 10.6.